The number of allylic oxidation sites excluding steroid dienone is 1. The van der Waals surface area contributed by atoms with E-state index in [0.717, 1.165) is 15.9 Å². The summed E-state index contributed by atoms with van der Waals surface area (Å²) < 4.78 is 19.6. The van der Waals surface area contributed by atoms with Crippen molar-refractivity contribution in [3.05, 3.63) is 116 Å². The number of nitrogens with zero attached hydrogens (tertiary/aromatic N) is 2. The van der Waals surface area contributed by atoms with Gasteiger partial charge in [-0.05, 0) is 12.1 Å². The average molecular weight is 785 g/mol. The number of nitrogens with one attached hydrogen (secondary N) is 3. The van der Waals surface area contributed by atoms with Gasteiger partial charge in [0.1, 0.15) is 5.82 Å². The van der Waals surface area contributed by atoms with E-state index in [1.165, 1.54) is 30.5 Å². The van der Waals surface area contributed by atoms with E-state index >= 15 is 0 Å². The molecule has 1 aliphatic heterocycles. The topological polar surface area (TPSA) is 71.0 Å². The number of urea groups is 1. The Morgan fingerprint density at radius 2 is 1.81 bits per heavy atom. The van der Waals surface area contributed by atoms with Crippen LogP contribution in [0, 0.1) is 16.4 Å². The summed E-state index contributed by atoms with van der Waals surface area (Å²) in [7, 11) is 0. The summed E-state index contributed by atoms with van der Waals surface area (Å²) in [6, 6.07) is 21.7. The molecule has 3 N–H and O–H groups in total. The molecule has 0 saturated carbocycles. The van der Waals surface area contributed by atoms with Gasteiger partial charge in [0.05, 0.1) is 5.69 Å². The number of hydrogen-bond acceptors (Lipinski definition) is 3. The van der Waals surface area contributed by atoms with E-state index in [1.54, 1.807) is 12.1 Å². The van der Waals surface area contributed by atoms with Crippen LogP contribution in [0.4, 0.5) is 20.6 Å². The Hall–Kier alpha value is -2.58. The molecule has 0 fully saturated rings. The summed E-state index contributed by atoms with van der Waals surface area (Å²) >= 11 is 3.40. The zero-order valence-electron chi connectivity index (χ0n) is 19.6. The number of rotatable bonds is 6. The van der Waals surface area contributed by atoms with Gasteiger partial charge in [-0.25, -0.2) is 4.39 Å². The quantitative estimate of drug-likeness (QED) is 0.262. The number of aryl methyl sites for hydroxylation is 1. The van der Waals surface area contributed by atoms with Crippen LogP contribution < -0.4 is 33.2 Å². The van der Waals surface area contributed by atoms with E-state index < -0.39 is 11.8 Å². The predicted octanol–water partition coefficient (Wildman–Crippen LogP) is 3.70. The molecule has 5 rings (SSSR count). The van der Waals surface area contributed by atoms with Gasteiger partial charge in [-0.3, -0.25) is 0 Å². The number of aromatic nitrogens is 2. The van der Waals surface area contributed by atoms with Gasteiger partial charge in [-0.15, -0.1) is 0 Å². The summed E-state index contributed by atoms with van der Waals surface area (Å²) in [4.78, 5) is 12.3. The number of benzene rings is 3. The molecule has 2 amide bonds. The monoisotopic (exact) mass is 784 g/mol. The molecule has 0 spiro atoms. The van der Waals surface area contributed by atoms with Gasteiger partial charge in [0.15, 0.2) is 0 Å². The molecule has 1 aliphatic rings. The summed E-state index contributed by atoms with van der Waals surface area (Å²) in [5, 5.41) is 13.5. The van der Waals surface area contributed by atoms with Crippen LogP contribution in [0.25, 0.3) is 5.82 Å². The number of fused-ring (bicyclic) bond motifs is 1. The third-order valence-corrected chi connectivity index (χ3v) is 16.7. The zero-order chi connectivity index (χ0) is 25.8. The molecule has 3 aromatic carbocycles. The van der Waals surface area contributed by atoms with Crippen LogP contribution in [-0.2, 0) is 6.54 Å². The molecule has 0 aliphatic carbocycles. The van der Waals surface area contributed by atoms with Crippen molar-refractivity contribution in [3.8, 4) is 0 Å². The van der Waals surface area contributed by atoms with Crippen molar-refractivity contribution in [2.24, 2.45) is 0 Å². The Labute approximate surface area is 238 Å². The van der Waals surface area contributed by atoms with Gasteiger partial charge in [-0.2, -0.15) is 0 Å². The maximum atomic E-state index is 13.8. The number of para-hydroxylation sites is 1. The molecule has 190 valence electrons. The van der Waals surface area contributed by atoms with Crippen LogP contribution in [0.2, 0.25) is 0 Å². The fourth-order valence-electron chi connectivity index (χ4n) is 3.65. The van der Waals surface area contributed by atoms with Crippen molar-refractivity contribution >= 4 is 59.4 Å². The summed E-state index contributed by atoms with van der Waals surface area (Å²) in [6.45, 7) is 2.76. The third-order valence-electron chi connectivity index (χ3n) is 5.55. The van der Waals surface area contributed by atoms with Crippen molar-refractivity contribution in [1.82, 2.24) is 15.1 Å². The van der Waals surface area contributed by atoms with Crippen molar-refractivity contribution in [1.29, 1.82) is 0 Å². The average Bonchev–Trinajstić information content (AvgIpc) is 3.16. The van der Waals surface area contributed by atoms with E-state index in [0.29, 0.717) is 12.2 Å². The van der Waals surface area contributed by atoms with Crippen LogP contribution in [-0.4, -0.2) is 19.3 Å². The van der Waals surface area contributed by atoms with E-state index in [1.807, 2.05) is 35.1 Å². The summed E-state index contributed by atoms with van der Waals surface area (Å²) in [6.07, 6.45) is 4.13. The maximum absolute atomic E-state index is 13.8. The Morgan fingerprint density at radius 3 is 2.59 bits per heavy atom. The minimum absolute atomic E-state index is 0.132. The number of halogens is 4. The first kappa shape index (κ1) is 26.0. The molecular formula is C27H22BrFI2N5O-. The molecule has 1 aromatic heterocycles. The van der Waals surface area contributed by atoms with Crippen LogP contribution in [0.5, 0.6) is 0 Å². The second-order valence-electron chi connectivity index (χ2n) is 8.14. The molecule has 0 atom stereocenters. The summed E-state index contributed by atoms with van der Waals surface area (Å²) in [5.74, 6) is 0.480. The SMILES string of the molecule is Cc1ccccc1C1=I[I-]c2c(Br)cnn2C(NCc2ccc(NC(=O)Nc3ccccc3F)cc2)=C1. The Morgan fingerprint density at radius 1 is 1.05 bits per heavy atom. The van der Waals surface area contributed by atoms with Gasteiger partial charge in [0, 0.05) is 0 Å². The van der Waals surface area contributed by atoms with Crippen LogP contribution in [0.3, 0.4) is 0 Å². The van der Waals surface area contributed by atoms with E-state index in [2.05, 4.69) is 74.2 Å². The van der Waals surface area contributed by atoms with Gasteiger partial charge in [-0.1, -0.05) is 12.1 Å². The van der Waals surface area contributed by atoms with Crippen molar-refractivity contribution in [2.45, 2.75) is 13.5 Å². The number of hydrogen-bond donors (Lipinski definition) is 3. The molecular weight excluding hydrogens is 763 g/mol. The van der Waals surface area contributed by atoms with Gasteiger partial charge < -0.3 is 0 Å². The third kappa shape index (κ3) is 6.29. The van der Waals surface area contributed by atoms with Crippen LogP contribution >= 0.6 is 32.7 Å². The van der Waals surface area contributed by atoms with Gasteiger partial charge in [0.25, 0.3) is 0 Å². The minimum atomic E-state index is -0.498. The van der Waals surface area contributed by atoms with Crippen LogP contribution in [0.1, 0.15) is 16.7 Å². The Kier molecular flexibility index (Phi) is 8.35. The number of amides is 2. The van der Waals surface area contributed by atoms with Crippen molar-refractivity contribution in [3.63, 3.8) is 0 Å². The predicted molar refractivity (Wildman–Crippen MR) is 155 cm³/mol. The number of carbonyl (C=O) groups is 1. The van der Waals surface area contributed by atoms with Crippen molar-refractivity contribution < 1.29 is 26.4 Å². The Balaban J connectivity index is 1.29. The Bertz CT molecular complexity index is 1520. The molecule has 6 nitrogen and oxygen atoms in total. The molecule has 0 unspecified atom stereocenters. The fourth-order valence-corrected chi connectivity index (χ4v) is 16.5. The van der Waals surface area contributed by atoms with Gasteiger partial charge >= 0.3 is 201 Å². The van der Waals surface area contributed by atoms with E-state index in [4.69, 9.17) is 0 Å². The first-order valence-electron chi connectivity index (χ1n) is 11.3. The molecule has 0 radical (unpaired) electrons. The summed E-state index contributed by atoms with van der Waals surface area (Å²) in [5.41, 5.74) is 4.42. The van der Waals surface area contributed by atoms with Gasteiger partial charge in [0.2, 0.25) is 0 Å². The molecule has 37 heavy (non-hydrogen) atoms. The number of carbonyl (C=O) groups excluding carboxylic acids is 1. The molecule has 4 aromatic rings. The van der Waals surface area contributed by atoms with E-state index in [9.17, 15) is 9.18 Å². The first-order valence-corrected chi connectivity index (χ1v) is 20.5. The second-order valence-corrected chi connectivity index (χ2v) is 17.5. The second kappa shape index (κ2) is 11.9. The standard InChI is InChI=1S/C27H22BrFI2N5O/c1-17-6-2-3-7-20(17)23-14-25(36-26(31-30-23)21(28)16-33-36)32-15-18-10-12-19(13-11-18)34-27(37)35-24-9-5-4-8-22(24)29/h2-14,16,32H,15H2,1H3,(H2,34,35,37)/q-1. The van der Waals surface area contributed by atoms with E-state index in [-0.39, 0.29) is 39.7 Å². The van der Waals surface area contributed by atoms with Crippen molar-refractivity contribution in [2.75, 3.05) is 10.6 Å². The fraction of sp³-hybridized carbons (Fsp3) is 0.0741. The first-order chi connectivity index (χ1) is 18.0. The normalized spacial score (nSPS) is 13.1. The molecule has 0 bridgehead atoms. The van der Waals surface area contributed by atoms with Crippen LogP contribution in [0.15, 0.2) is 89.5 Å². The molecule has 0 saturated heterocycles. The zero-order valence-corrected chi connectivity index (χ0v) is 25.5. The number of anilines is 2. The molecule has 2 heterocycles. The molecule has 10 heteroatoms.